The molecule has 1 aromatic rings. The Morgan fingerprint density at radius 2 is 2.04 bits per heavy atom. The molecule has 24 heavy (non-hydrogen) atoms. The van der Waals surface area contributed by atoms with Crippen LogP contribution in [0.2, 0.25) is 0 Å². The van der Waals surface area contributed by atoms with Crippen LogP contribution in [-0.2, 0) is 15.7 Å². The number of amides is 1. The maximum Gasteiger partial charge on any atom is 0.433 e. The highest BCUT2D eigenvalue weighted by molar-refractivity contribution is 5.77. The molecule has 1 fully saturated rings. The highest BCUT2D eigenvalue weighted by Crippen LogP contribution is 2.30. The van der Waals surface area contributed by atoms with Gasteiger partial charge in [0.15, 0.2) is 0 Å². The van der Waals surface area contributed by atoms with Gasteiger partial charge in [0.2, 0.25) is 5.91 Å². The van der Waals surface area contributed by atoms with Gasteiger partial charge in [0.25, 0.3) is 0 Å². The number of carbonyl (C=O) groups excluding carboxylic acids is 1. The Bertz CT molecular complexity index is 572. The number of anilines is 1. The van der Waals surface area contributed by atoms with Crippen LogP contribution in [-0.4, -0.2) is 48.2 Å². The van der Waals surface area contributed by atoms with Crippen molar-refractivity contribution in [1.29, 1.82) is 0 Å². The molecule has 1 aromatic heterocycles. The quantitative estimate of drug-likeness (QED) is 0.882. The van der Waals surface area contributed by atoms with Crippen LogP contribution in [0.15, 0.2) is 6.07 Å². The predicted octanol–water partition coefficient (Wildman–Crippen LogP) is 1.93. The van der Waals surface area contributed by atoms with Gasteiger partial charge in [0.1, 0.15) is 23.9 Å². The van der Waals surface area contributed by atoms with Crippen LogP contribution in [0.5, 0.6) is 0 Å². The molecule has 9 heteroatoms. The second kappa shape index (κ2) is 7.78. The van der Waals surface area contributed by atoms with Gasteiger partial charge >= 0.3 is 6.18 Å². The SMILES string of the molecule is CCOCC(=O)NC1CCN(c2cc(C(F)(F)F)nc(C)n2)CC1. The Morgan fingerprint density at radius 3 is 2.62 bits per heavy atom. The van der Waals surface area contributed by atoms with E-state index >= 15 is 0 Å². The first-order valence-electron chi connectivity index (χ1n) is 7.84. The molecule has 0 saturated carbocycles. The fourth-order valence-electron chi connectivity index (χ4n) is 2.58. The van der Waals surface area contributed by atoms with Crippen molar-refractivity contribution < 1.29 is 22.7 Å². The zero-order valence-electron chi connectivity index (χ0n) is 13.7. The number of aryl methyl sites for hydroxylation is 1. The van der Waals surface area contributed by atoms with Gasteiger partial charge in [-0.2, -0.15) is 13.2 Å². The summed E-state index contributed by atoms with van der Waals surface area (Å²) in [6, 6.07) is 0.972. The topological polar surface area (TPSA) is 67.3 Å². The lowest BCUT2D eigenvalue weighted by atomic mass is 10.0. The van der Waals surface area contributed by atoms with Crippen molar-refractivity contribution in [3.8, 4) is 0 Å². The second-order valence-electron chi connectivity index (χ2n) is 5.62. The van der Waals surface area contributed by atoms with E-state index in [9.17, 15) is 18.0 Å². The van der Waals surface area contributed by atoms with E-state index in [1.165, 1.54) is 6.92 Å². The zero-order chi connectivity index (χ0) is 17.7. The number of piperidine rings is 1. The highest BCUT2D eigenvalue weighted by atomic mass is 19.4. The summed E-state index contributed by atoms with van der Waals surface area (Å²) >= 11 is 0. The Balaban J connectivity index is 1.95. The molecular weight excluding hydrogens is 325 g/mol. The average Bonchev–Trinajstić information content (AvgIpc) is 2.52. The Labute approximate surface area is 138 Å². The minimum atomic E-state index is -4.49. The molecule has 2 heterocycles. The first-order chi connectivity index (χ1) is 11.3. The number of carbonyl (C=O) groups is 1. The minimum absolute atomic E-state index is 0.000716. The van der Waals surface area contributed by atoms with E-state index in [1.54, 1.807) is 4.90 Å². The van der Waals surface area contributed by atoms with Crippen molar-refractivity contribution in [2.45, 2.75) is 38.9 Å². The van der Waals surface area contributed by atoms with Gasteiger partial charge in [-0.15, -0.1) is 0 Å². The van der Waals surface area contributed by atoms with Crippen LogP contribution in [0.3, 0.4) is 0 Å². The van der Waals surface area contributed by atoms with Gasteiger partial charge < -0.3 is 15.0 Å². The molecular formula is C15H21F3N4O2. The number of alkyl halides is 3. The van der Waals surface area contributed by atoms with Crippen LogP contribution in [0.25, 0.3) is 0 Å². The fourth-order valence-corrected chi connectivity index (χ4v) is 2.58. The van der Waals surface area contributed by atoms with Crippen LogP contribution in [0, 0.1) is 6.92 Å². The van der Waals surface area contributed by atoms with E-state index in [0.717, 1.165) is 6.07 Å². The summed E-state index contributed by atoms with van der Waals surface area (Å²) in [5.74, 6) is 0.188. The third-order valence-electron chi connectivity index (χ3n) is 3.74. The molecule has 134 valence electrons. The normalized spacial score (nSPS) is 16.3. The first kappa shape index (κ1) is 18.4. The lowest BCUT2D eigenvalue weighted by Gasteiger charge is -2.33. The highest BCUT2D eigenvalue weighted by Gasteiger charge is 2.34. The zero-order valence-corrected chi connectivity index (χ0v) is 13.7. The van der Waals surface area contributed by atoms with Gasteiger partial charge in [0.05, 0.1) is 0 Å². The molecule has 1 amide bonds. The van der Waals surface area contributed by atoms with Gasteiger partial charge in [-0.25, -0.2) is 9.97 Å². The van der Waals surface area contributed by atoms with E-state index in [1.807, 2.05) is 6.92 Å². The summed E-state index contributed by atoms with van der Waals surface area (Å²) in [4.78, 5) is 21.0. The molecule has 2 rings (SSSR count). The summed E-state index contributed by atoms with van der Waals surface area (Å²) in [6.45, 7) is 4.79. The van der Waals surface area contributed by atoms with Crippen LogP contribution in [0.1, 0.15) is 31.3 Å². The summed E-state index contributed by atoms with van der Waals surface area (Å²) < 4.78 is 43.6. The van der Waals surface area contributed by atoms with Crippen molar-refractivity contribution in [3.05, 3.63) is 17.6 Å². The van der Waals surface area contributed by atoms with Crippen molar-refractivity contribution in [1.82, 2.24) is 15.3 Å². The molecule has 0 aliphatic carbocycles. The largest absolute Gasteiger partial charge is 0.433 e. The summed E-state index contributed by atoms with van der Waals surface area (Å²) in [7, 11) is 0. The van der Waals surface area contributed by atoms with E-state index in [2.05, 4.69) is 15.3 Å². The summed E-state index contributed by atoms with van der Waals surface area (Å²) in [5, 5.41) is 2.87. The maximum atomic E-state index is 12.9. The van der Waals surface area contributed by atoms with E-state index in [-0.39, 0.29) is 30.2 Å². The molecule has 1 aliphatic rings. The number of nitrogens with zero attached hydrogens (tertiary/aromatic N) is 3. The molecule has 0 bridgehead atoms. The molecule has 1 N–H and O–H groups in total. The Kier molecular flexibility index (Phi) is 5.98. The van der Waals surface area contributed by atoms with Gasteiger partial charge in [-0.1, -0.05) is 0 Å². The van der Waals surface area contributed by atoms with Crippen LogP contribution < -0.4 is 10.2 Å². The third-order valence-corrected chi connectivity index (χ3v) is 3.74. The number of hydrogen-bond donors (Lipinski definition) is 1. The molecule has 6 nitrogen and oxygen atoms in total. The number of rotatable bonds is 5. The Hall–Kier alpha value is -1.90. The summed E-state index contributed by atoms with van der Waals surface area (Å²) in [6.07, 6.45) is -3.21. The van der Waals surface area contributed by atoms with E-state index < -0.39 is 11.9 Å². The summed E-state index contributed by atoms with van der Waals surface area (Å²) in [5.41, 5.74) is -0.933. The van der Waals surface area contributed by atoms with Gasteiger partial charge in [-0.3, -0.25) is 4.79 Å². The fraction of sp³-hybridized carbons (Fsp3) is 0.667. The molecule has 0 aromatic carbocycles. The molecule has 0 atom stereocenters. The number of halogens is 3. The van der Waals surface area contributed by atoms with Crippen LogP contribution >= 0.6 is 0 Å². The van der Waals surface area contributed by atoms with Gasteiger partial charge in [0, 0.05) is 31.8 Å². The minimum Gasteiger partial charge on any atom is -0.372 e. The number of hydrogen-bond acceptors (Lipinski definition) is 5. The molecule has 0 unspecified atom stereocenters. The van der Waals surface area contributed by atoms with Crippen molar-refractivity contribution in [2.24, 2.45) is 0 Å². The first-order valence-corrected chi connectivity index (χ1v) is 7.84. The monoisotopic (exact) mass is 346 g/mol. The molecule has 0 radical (unpaired) electrons. The standard InChI is InChI=1S/C15H21F3N4O2/c1-3-24-9-14(23)21-11-4-6-22(7-5-11)13-8-12(15(16,17)18)19-10(2)20-13/h8,11H,3-7,9H2,1-2H3,(H,21,23). The lowest BCUT2D eigenvalue weighted by Crippen LogP contribution is -2.46. The van der Waals surface area contributed by atoms with Crippen molar-refractivity contribution in [2.75, 3.05) is 31.2 Å². The second-order valence-corrected chi connectivity index (χ2v) is 5.62. The number of ether oxygens (including phenoxy) is 1. The molecule has 1 aliphatic heterocycles. The molecule has 1 saturated heterocycles. The van der Waals surface area contributed by atoms with Crippen molar-refractivity contribution in [3.63, 3.8) is 0 Å². The maximum absolute atomic E-state index is 12.9. The van der Waals surface area contributed by atoms with Gasteiger partial charge in [-0.05, 0) is 26.7 Å². The van der Waals surface area contributed by atoms with Crippen LogP contribution in [0.4, 0.5) is 19.0 Å². The smallest absolute Gasteiger partial charge is 0.372 e. The number of aromatic nitrogens is 2. The third kappa shape index (κ3) is 5.05. The Morgan fingerprint density at radius 1 is 1.38 bits per heavy atom. The van der Waals surface area contributed by atoms with E-state index in [0.29, 0.717) is 32.5 Å². The number of nitrogens with one attached hydrogen (secondary N) is 1. The van der Waals surface area contributed by atoms with Crippen molar-refractivity contribution >= 4 is 11.7 Å². The molecule has 0 spiro atoms. The average molecular weight is 346 g/mol. The lowest BCUT2D eigenvalue weighted by molar-refractivity contribution is -0.141. The van der Waals surface area contributed by atoms with E-state index in [4.69, 9.17) is 4.74 Å². The predicted molar refractivity (Wildman–Crippen MR) is 81.6 cm³/mol.